The van der Waals surface area contributed by atoms with Gasteiger partial charge in [-0.1, -0.05) is 13.3 Å². The molecule has 0 saturated carbocycles. The lowest BCUT2D eigenvalue weighted by Gasteiger charge is -2.16. The fraction of sp³-hybridized carbons (Fsp3) is 0.381. The van der Waals surface area contributed by atoms with Crippen LogP contribution in [0.5, 0.6) is 0 Å². The fourth-order valence-corrected chi connectivity index (χ4v) is 5.02. The molecule has 1 aromatic heterocycles. The predicted molar refractivity (Wildman–Crippen MR) is 119 cm³/mol. The van der Waals surface area contributed by atoms with Crippen LogP contribution in [-0.4, -0.2) is 44.8 Å². The van der Waals surface area contributed by atoms with E-state index >= 15 is 0 Å². The molecule has 1 amide bonds. The minimum Gasteiger partial charge on any atom is -0.462 e. The molecule has 0 aliphatic rings. The molecule has 31 heavy (non-hydrogen) atoms. The second-order valence-electron chi connectivity index (χ2n) is 6.75. The normalized spacial score (nSPS) is 11.2. The van der Waals surface area contributed by atoms with Crippen molar-refractivity contribution in [1.82, 2.24) is 4.31 Å². The molecule has 2 rings (SSSR count). The number of ether oxygens (including phenoxy) is 1. The zero-order valence-corrected chi connectivity index (χ0v) is 19.5. The van der Waals surface area contributed by atoms with Crippen molar-refractivity contribution in [3.05, 3.63) is 45.8 Å². The number of carbonyl (C=O) groups is 2. The molecule has 10 heteroatoms. The van der Waals surface area contributed by atoms with Gasteiger partial charge in [0, 0.05) is 19.2 Å². The van der Waals surface area contributed by atoms with Crippen LogP contribution in [0.15, 0.2) is 29.2 Å². The van der Waals surface area contributed by atoms with E-state index in [0.717, 1.165) is 24.2 Å². The van der Waals surface area contributed by atoms with Crippen molar-refractivity contribution in [2.24, 2.45) is 0 Å². The van der Waals surface area contributed by atoms with Crippen molar-refractivity contribution in [2.45, 2.75) is 38.5 Å². The molecule has 0 aliphatic carbocycles. The van der Waals surface area contributed by atoms with Crippen molar-refractivity contribution in [2.75, 3.05) is 25.5 Å². The molecular formula is C21H25N3O5S2. The Morgan fingerprint density at radius 3 is 2.42 bits per heavy atom. The van der Waals surface area contributed by atoms with E-state index in [-0.39, 0.29) is 32.5 Å². The maximum atomic E-state index is 12.6. The smallest absolute Gasteiger partial charge is 0.348 e. The largest absolute Gasteiger partial charge is 0.462 e. The number of rotatable bonds is 9. The maximum absolute atomic E-state index is 12.6. The van der Waals surface area contributed by atoms with Crippen LogP contribution in [0.3, 0.4) is 0 Å². The van der Waals surface area contributed by atoms with E-state index in [1.165, 1.54) is 35.6 Å². The fourth-order valence-electron chi connectivity index (χ4n) is 2.76. The first-order valence-electron chi connectivity index (χ1n) is 9.75. The predicted octanol–water partition coefficient (Wildman–Crippen LogP) is 3.78. The van der Waals surface area contributed by atoms with Crippen LogP contribution in [0.2, 0.25) is 0 Å². The Morgan fingerprint density at radius 1 is 1.23 bits per heavy atom. The number of hydrogen-bond acceptors (Lipinski definition) is 7. The highest BCUT2D eigenvalue weighted by atomic mass is 32.2. The molecule has 0 radical (unpaired) electrons. The Hall–Kier alpha value is -2.74. The molecule has 1 N–H and O–H groups in total. The van der Waals surface area contributed by atoms with E-state index in [2.05, 4.69) is 5.32 Å². The first-order chi connectivity index (χ1) is 14.7. The Labute approximate surface area is 186 Å². The second-order valence-corrected chi connectivity index (χ2v) is 9.82. The highest BCUT2D eigenvalue weighted by molar-refractivity contribution is 7.89. The van der Waals surface area contributed by atoms with Gasteiger partial charge in [-0.2, -0.15) is 5.26 Å². The number of amides is 1. The molecule has 2 aromatic rings. The molecule has 0 atom stereocenters. The summed E-state index contributed by atoms with van der Waals surface area (Å²) < 4.78 is 31.5. The molecule has 166 valence electrons. The molecular weight excluding hydrogens is 438 g/mol. The van der Waals surface area contributed by atoms with Crippen LogP contribution in [0.25, 0.3) is 0 Å². The number of anilines is 1. The Kier molecular flexibility index (Phi) is 8.33. The standard InChI is InChI=1S/C21H25N3O5S2/c1-5-7-12-24(4)31(27,28)16-10-8-15(9-11-16)19(25)23-20-17(13-22)14(3)18(30-20)21(26)29-6-2/h8-11H,5-7,12H2,1-4H3,(H,23,25). The van der Waals surface area contributed by atoms with E-state index in [9.17, 15) is 23.3 Å². The minimum atomic E-state index is -3.63. The van der Waals surface area contributed by atoms with E-state index in [0.29, 0.717) is 12.1 Å². The Morgan fingerprint density at radius 2 is 1.87 bits per heavy atom. The lowest BCUT2D eigenvalue weighted by Crippen LogP contribution is -2.28. The van der Waals surface area contributed by atoms with Gasteiger partial charge in [-0.05, 0) is 50.1 Å². The number of esters is 1. The first kappa shape index (κ1) is 24.5. The van der Waals surface area contributed by atoms with Crippen molar-refractivity contribution < 1.29 is 22.7 Å². The molecule has 1 aromatic carbocycles. The molecule has 0 aliphatic heterocycles. The second kappa shape index (κ2) is 10.5. The molecule has 0 fully saturated rings. The number of sulfonamides is 1. The van der Waals surface area contributed by atoms with E-state index in [1.54, 1.807) is 13.8 Å². The van der Waals surface area contributed by atoms with Gasteiger partial charge in [0.05, 0.1) is 17.1 Å². The molecule has 8 nitrogen and oxygen atoms in total. The van der Waals surface area contributed by atoms with Gasteiger partial charge in [0.25, 0.3) is 5.91 Å². The number of nitriles is 1. The lowest BCUT2D eigenvalue weighted by atomic mass is 10.1. The number of unbranched alkanes of at least 4 members (excludes halogenated alkanes) is 1. The molecule has 0 unspecified atom stereocenters. The van der Waals surface area contributed by atoms with Crippen LogP contribution < -0.4 is 5.32 Å². The van der Waals surface area contributed by atoms with Crippen molar-refractivity contribution in [1.29, 1.82) is 5.26 Å². The van der Waals surface area contributed by atoms with Gasteiger partial charge >= 0.3 is 5.97 Å². The summed E-state index contributed by atoms with van der Waals surface area (Å²) in [5.74, 6) is -1.07. The Bertz CT molecular complexity index is 1100. The van der Waals surface area contributed by atoms with Crippen molar-refractivity contribution in [3.63, 3.8) is 0 Å². The number of hydrogen-bond donors (Lipinski definition) is 1. The highest BCUT2D eigenvalue weighted by Gasteiger charge is 2.23. The minimum absolute atomic E-state index is 0.0944. The quantitative estimate of drug-likeness (QED) is 0.566. The monoisotopic (exact) mass is 463 g/mol. The molecule has 0 bridgehead atoms. The number of carbonyl (C=O) groups excluding carboxylic acids is 2. The summed E-state index contributed by atoms with van der Waals surface area (Å²) in [5.41, 5.74) is 0.860. The average molecular weight is 464 g/mol. The average Bonchev–Trinajstić information content (AvgIpc) is 3.07. The summed E-state index contributed by atoms with van der Waals surface area (Å²) in [7, 11) is -2.11. The lowest BCUT2D eigenvalue weighted by molar-refractivity contribution is 0.0531. The Balaban J connectivity index is 2.23. The number of benzene rings is 1. The van der Waals surface area contributed by atoms with Gasteiger partial charge < -0.3 is 10.1 Å². The summed E-state index contributed by atoms with van der Waals surface area (Å²) in [5, 5.41) is 12.3. The van der Waals surface area contributed by atoms with E-state index < -0.39 is 21.9 Å². The molecule has 1 heterocycles. The maximum Gasteiger partial charge on any atom is 0.348 e. The number of nitrogens with zero attached hydrogens (tertiary/aromatic N) is 2. The topological polar surface area (TPSA) is 117 Å². The summed E-state index contributed by atoms with van der Waals surface area (Å²) in [4.78, 5) is 25.1. The van der Waals surface area contributed by atoms with Crippen molar-refractivity contribution >= 4 is 38.2 Å². The van der Waals surface area contributed by atoms with Gasteiger partial charge in [-0.15, -0.1) is 11.3 Å². The number of nitrogens with one attached hydrogen (secondary N) is 1. The van der Waals surface area contributed by atoms with Gasteiger partial charge in [-0.3, -0.25) is 4.79 Å². The summed E-state index contributed by atoms with van der Waals surface area (Å²) in [6.45, 7) is 5.89. The molecule has 0 spiro atoms. The SMILES string of the molecule is CCCCN(C)S(=O)(=O)c1ccc(C(=O)Nc2sc(C(=O)OCC)c(C)c2C#N)cc1. The van der Waals surface area contributed by atoms with Crippen LogP contribution in [0.4, 0.5) is 5.00 Å². The third-order valence-electron chi connectivity index (χ3n) is 4.60. The summed E-state index contributed by atoms with van der Waals surface area (Å²) in [6, 6.07) is 7.58. The zero-order valence-electron chi connectivity index (χ0n) is 17.9. The van der Waals surface area contributed by atoms with E-state index in [4.69, 9.17) is 4.74 Å². The molecule has 0 saturated heterocycles. The van der Waals surface area contributed by atoms with Gasteiger partial charge in [-0.25, -0.2) is 17.5 Å². The first-order valence-corrected chi connectivity index (χ1v) is 12.0. The van der Waals surface area contributed by atoms with E-state index in [1.807, 2.05) is 13.0 Å². The third kappa shape index (κ3) is 5.50. The van der Waals surface area contributed by atoms with Crippen LogP contribution in [0.1, 0.15) is 57.8 Å². The van der Waals surface area contributed by atoms with Gasteiger partial charge in [0.2, 0.25) is 10.0 Å². The summed E-state index contributed by atoms with van der Waals surface area (Å²) >= 11 is 0.969. The third-order valence-corrected chi connectivity index (χ3v) is 7.66. The van der Waals surface area contributed by atoms with Crippen LogP contribution >= 0.6 is 11.3 Å². The zero-order chi connectivity index (χ0) is 23.2. The van der Waals surface area contributed by atoms with Crippen molar-refractivity contribution in [3.8, 4) is 6.07 Å². The number of thiophene rings is 1. The van der Waals surface area contributed by atoms with Crippen LogP contribution in [-0.2, 0) is 14.8 Å². The van der Waals surface area contributed by atoms with Gasteiger partial charge in [0.1, 0.15) is 15.9 Å². The van der Waals surface area contributed by atoms with Gasteiger partial charge in [0.15, 0.2) is 0 Å². The highest BCUT2D eigenvalue weighted by Crippen LogP contribution is 2.33. The summed E-state index contributed by atoms with van der Waals surface area (Å²) in [6.07, 6.45) is 1.63. The van der Waals surface area contributed by atoms with Crippen LogP contribution in [0, 0.1) is 18.3 Å².